The van der Waals surface area contributed by atoms with E-state index in [-0.39, 0.29) is 24.8 Å². The third-order valence-electron chi connectivity index (χ3n) is 1.03. The van der Waals surface area contributed by atoms with Crippen molar-refractivity contribution in [2.75, 3.05) is 0 Å². The fraction of sp³-hybridized carbons (Fsp3) is 0.800. The summed E-state index contributed by atoms with van der Waals surface area (Å²) in [4.78, 5) is 9.93. The van der Waals surface area contributed by atoms with Crippen LogP contribution in [-0.2, 0) is 4.79 Å². The summed E-state index contributed by atoms with van der Waals surface area (Å²) in [5.74, 6) is -0.887. The zero-order valence-electron chi connectivity index (χ0n) is 5.64. The van der Waals surface area contributed by atoms with Gasteiger partial charge >= 0.3 is 5.97 Å². The molecule has 0 aromatic heterocycles. The molecule has 0 saturated carbocycles. The van der Waals surface area contributed by atoms with Gasteiger partial charge in [0.25, 0.3) is 0 Å². The van der Waals surface area contributed by atoms with Gasteiger partial charge in [0.1, 0.15) is 0 Å². The van der Waals surface area contributed by atoms with Crippen LogP contribution in [-0.4, -0.2) is 29.9 Å². The summed E-state index contributed by atoms with van der Waals surface area (Å²) in [6, 6.07) is 0. The average Bonchev–Trinajstić information content (AvgIpc) is 1.65. The van der Waals surface area contributed by atoms with E-state index in [2.05, 4.69) is 0 Å². The molecular weight excluding hydrogens is 99.0 g/mol. The van der Waals surface area contributed by atoms with Crippen molar-refractivity contribution in [1.82, 2.24) is 0 Å². The van der Waals surface area contributed by atoms with E-state index in [0.717, 1.165) is 6.42 Å². The molecule has 8 heavy (non-hydrogen) atoms. The number of rotatable bonds is 2. The number of carbonyl (C=O) groups is 1. The predicted octanol–water partition coefficient (Wildman–Crippen LogP) is 0.736. The van der Waals surface area contributed by atoms with E-state index in [1.165, 1.54) is 0 Å². The van der Waals surface area contributed by atoms with Crippen LogP contribution in [0, 0.1) is 5.92 Å². The van der Waals surface area contributed by atoms with Gasteiger partial charge in [-0.1, -0.05) is 13.8 Å². The molecule has 0 aliphatic carbocycles. The minimum atomic E-state index is -0.706. The van der Waals surface area contributed by atoms with Crippen LogP contribution in [0.15, 0.2) is 0 Å². The molecule has 0 spiro atoms. The van der Waals surface area contributed by atoms with Gasteiger partial charge in [0, 0.05) is 18.9 Å². The Kier molecular flexibility index (Phi) is 7.13. The second-order valence-electron chi connectivity index (χ2n) is 1.65. The molecule has 0 fully saturated rings. The quantitative estimate of drug-likeness (QED) is 0.531. The van der Waals surface area contributed by atoms with Gasteiger partial charge in [-0.05, 0) is 6.42 Å². The fourth-order valence-electron chi connectivity index (χ4n) is 0.175. The van der Waals surface area contributed by atoms with Crippen molar-refractivity contribution in [2.24, 2.45) is 5.92 Å². The van der Waals surface area contributed by atoms with Crippen molar-refractivity contribution in [3.63, 3.8) is 0 Å². The van der Waals surface area contributed by atoms with Crippen molar-refractivity contribution in [3.8, 4) is 0 Å². The van der Waals surface area contributed by atoms with Gasteiger partial charge in [0.2, 0.25) is 0 Å². The van der Waals surface area contributed by atoms with Crippen LogP contribution in [0.3, 0.4) is 0 Å². The van der Waals surface area contributed by atoms with Crippen molar-refractivity contribution >= 4 is 24.8 Å². The van der Waals surface area contributed by atoms with E-state index in [4.69, 9.17) is 5.11 Å². The van der Waals surface area contributed by atoms with Gasteiger partial charge in [-0.3, -0.25) is 4.79 Å². The summed E-state index contributed by atoms with van der Waals surface area (Å²) in [6.07, 6.45) is 0.718. The first-order valence-corrected chi connectivity index (χ1v) is 2.41. The van der Waals surface area contributed by atoms with Gasteiger partial charge in [-0.25, -0.2) is 0 Å². The van der Waals surface area contributed by atoms with Crippen molar-refractivity contribution in [3.05, 3.63) is 0 Å². The standard InChI is InChI=1S/C5H10O2.Li/c1-3-4(2)5(6)7;/h4H,3H2,1-2H3,(H,6,7);. The van der Waals surface area contributed by atoms with E-state index in [9.17, 15) is 4.79 Å². The molecule has 0 amide bonds. The molecule has 1 atom stereocenters. The first kappa shape index (κ1) is 10.9. The van der Waals surface area contributed by atoms with Gasteiger partial charge in [0.15, 0.2) is 0 Å². The van der Waals surface area contributed by atoms with E-state index >= 15 is 0 Å². The zero-order valence-corrected chi connectivity index (χ0v) is 5.64. The Morgan fingerprint density at radius 1 is 1.75 bits per heavy atom. The molecule has 3 heteroatoms. The Bertz CT molecular complexity index is 72.8. The first-order valence-electron chi connectivity index (χ1n) is 2.41. The number of aliphatic carboxylic acids is 1. The van der Waals surface area contributed by atoms with Crippen LogP contribution in [0.25, 0.3) is 0 Å². The average molecular weight is 109 g/mol. The smallest absolute Gasteiger partial charge is 0.306 e. The molecular formula is C5H10LiO2. The summed E-state index contributed by atoms with van der Waals surface area (Å²) < 4.78 is 0. The molecule has 0 aliphatic rings. The maximum Gasteiger partial charge on any atom is 0.306 e. The predicted molar refractivity (Wildman–Crippen MR) is 32.8 cm³/mol. The summed E-state index contributed by atoms with van der Waals surface area (Å²) in [5.41, 5.74) is 0. The third kappa shape index (κ3) is 4.23. The van der Waals surface area contributed by atoms with Gasteiger partial charge in [-0.2, -0.15) is 0 Å². The molecule has 43 valence electrons. The molecule has 0 rings (SSSR count). The van der Waals surface area contributed by atoms with E-state index in [1.54, 1.807) is 6.92 Å². The largest absolute Gasteiger partial charge is 0.481 e. The van der Waals surface area contributed by atoms with Crippen LogP contribution >= 0.6 is 0 Å². The van der Waals surface area contributed by atoms with E-state index < -0.39 is 5.97 Å². The monoisotopic (exact) mass is 109 g/mol. The van der Waals surface area contributed by atoms with Crippen molar-refractivity contribution in [1.29, 1.82) is 0 Å². The second kappa shape index (κ2) is 5.21. The summed E-state index contributed by atoms with van der Waals surface area (Å²) >= 11 is 0. The van der Waals surface area contributed by atoms with Crippen LogP contribution in [0.4, 0.5) is 0 Å². The van der Waals surface area contributed by atoms with Gasteiger partial charge in [-0.15, -0.1) is 0 Å². The Hall–Kier alpha value is 0.0674. The Morgan fingerprint density at radius 3 is 2.12 bits per heavy atom. The Labute approximate surface area is 61.5 Å². The van der Waals surface area contributed by atoms with Gasteiger partial charge < -0.3 is 5.11 Å². The van der Waals surface area contributed by atoms with Gasteiger partial charge in [0.05, 0.1) is 5.92 Å². The van der Waals surface area contributed by atoms with Crippen molar-refractivity contribution < 1.29 is 9.90 Å². The SMILES string of the molecule is CCC(C)C(=O)O.[Li]. The zero-order chi connectivity index (χ0) is 5.86. The second-order valence-corrected chi connectivity index (χ2v) is 1.65. The summed E-state index contributed by atoms with van der Waals surface area (Å²) in [5, 5.41) is 8.18. The van der Waals surface area contributed by atoms with Crippen LogP contribution in [0.2, 0.25) is 0 Å². The molecule has 2 nitrogen and oxygen atoms in total. The van der Waals surface area contributed by atoms with Crippen LogP contribution in [0.1, 0.15) is 20.3 Å². The topological polar surface area (TPSA) is 37.3 Å². The number of hydrogen-bond donors (Lipinski definition) is 1. The minimum absolute atomic E-state index is 0. The molecule has 0 saturated heterocycles. The number of hydrogen-bond acceptors (Lipinski definition) is 1. The van der Waals surface area contributed by atoms with Crippen molar-refractivity contribution in [2.45, 2.75) is 20.3 Å². The van der Waals surface area contributed by atoms with Crippen LogP contribution < -0.4 is 0 Å². The molecule has 0 aromatic carbocycles. The molecule has 1 radical (unpaired) electrons. The minimum Gasteiger partial charge on any atom is -0.481 e. The normalized spacial score (nSPS) is 11.8. The number of carboxylic acid groups (broad SMARTS) is 1. The molecule has 0 bridgehead atoms. The summed E-state index contributed by atoms with van der Waals surface area (Å²) in [7, 11) is 0. The first-order chi connectivity index (χ1) is 3.18. The third-order valence-corrected chi connectivity index (χ3v) is 1.03. The Morgan fingerprint density at radius 2 is 2.12 bits per heavy atom. The molecule has 1 N–H and O–H groups in total. The van der Waals surface area contributed by atoms with E-state index in [0.29, 0.717) is 0 Å². The fourth-order valence-corrected chi connectivity index (χ4v) is 0.175. The van der Waals surface area contributed by atoms with Crippen LogP contribution in [0.5, 0.6) is 0 Å². The molecule has 0 aliphatic heterocycles. The van der Waals surface area contributed by atoms with E-state index in [1.807, 2.05) is 6.92 Å². The number of carboxylic acids is 1. The molecule has 0 heterocycles. The Balaban J connectivity index is 0. The maximum absolute atomic E-state index is 9.93. The maximum atomic E-state index is 9.93. The summed E-state index contributed by atoms with van der Waals surface area (Å²) in [6.45, 7) is 3.56. The molecule has 0 aromatic rings. The molecule has 1 unspecified atom stereocenters.